The first-order chi connectivity index (χ1) is 13.4. The van der Waals surface area contributed by atoms with Crippen LogP contribution in [0.1, 0.15) is 25.7 Å². The number of carbonyl (C=O) groups is 2. The van der Waals surface area contributed by atoms with Gasteiger partial charge in [0.1, 0.15) is 0 Å². The van der Waals surface area contributed by atoms with E-state index < -0.39 is 11.5 Å². The number of aryl methyl sites for hydroxylation is 1. The molecule has 8 nitrogen and oxygen atoms in total. The second-order valence-corrected chi connectivity index (χ2v) is 8.05. The molecule has 150 valence electrons. The van der Waals surface area contributed by atoms with E-state index in [9.17, 15) is 19.5 Å². The lowest BCUT2D eigenvalue weighted by molar-refractivity contribution is -0.156. The molecule has 8 heteroatoms. The number of amides is 2. The molecule has 2 saturated heterocycles. The fourth-order valence-corrected chi connectivity index (χ4v) is 4.70. The molecule has 2 aromatic rings. The Morgan fingerprint density at radius 1 is 1.25 bits per heavy atom. The van der Waals surface area contributed by atoms with Gasteiger partial charge in [-0.1, -0.05) is 12.1 Å². The highest BCUT2D eigenvalue weighted by Crippen LogP contribution is 2.40. The number of imidazole rings is 1. The van der Waals surface area contributed by atoms with Crippen molar-refractivity contribution in [2.75, 3.05) is 26.7 Å². The maximum absolute atomic E-state index is 12.7. The van der Waals surface area contributed by atoms with E-state index in [1.54, 1.807) is 21.4 Å². The van der Waals surface area contributed by atoms with Crippen molar-refractivity contribution in [1.29, 1.82) is 0 Å². The number of likely N-dealkylation sites (tertiary alicyclic amines) is 2. The minimum atomic E-state index is -0.545. The largest absolute Gasteiger partial charge is 0.391 e. The monoisotopic (exact) mass is 386 g/mol. The van der Waals surface area contributed by atoms with Crippen molar-refractivity contribution in [2.45, 2.75) is 38.3 Å². The van der Waals surface area contributed by atoms with Gasteiger partial charge in [0, 0.05) is 39.6 Å². The number of piperidine rings is 2. The third-order valence-electron chi connectivity index (χ3n) is 6.22. The van der Waals surface area contributed by atoms with Crippen LogP contribution in [0.4, 0.5) is 0 Å². The second-order valence-electron chi connectivity index (χ2n) is 8.05. The molecule has 1 unspecified atom stereocenters. The van der Waals surface area contributed by atoms with Crippen LogP contribution in [0.25, 0.3) is 11.0 Å². The van der Waals surface area contributed by atoms with Crippen molar-refractivity contribution in [3.8, 4) is 0 Å². The predicted molar refractivity (Wildman–Crippen MR) is 104 cm³/mol. The lowest BCUT2D eigenvalue weighted by atomic mass is 9.71. The SMILES string of the molecule is CN1CC(O)CC2(CCN(C(=O)CCn3c(=O)[nH]c4ccccc43)CC2)C1=O. The number of fused-ring (bicyclic) bond motifs is 1. The van der Waals surface area contributed by atoms with Gasteiger partial charge in [-0.15, -0.1) is 0 Å². The molecule has 0 aliphatic carbocycles. The third-order valence-corrected chi connectivity index (χ3v) is 6.22. The normalized spacial score (nSPS) is 22.2. The average molecular weight is 386 g/mol. The van der Waals surface area contributed by atoms with Crippen LogP contribution in [0.15, 0.2) is 29.1 Å². The van der Waals surface area contributed by atoms with Crippen molar-refractivity contribution < 1.29 is 14.7 Å². The van der Waals surface area contributed by atoms with Crippen molar-refractivity contribution >= 4 is 22.8 Å². The maximum atomic E-state index is 12.7. The van der Waals surface area contributed by atoms with Crippen LogP contribution in [0.2, 0.25) is 0 Å². The Morgan fingerprint density at radius 3 is 2.71 bits per heavy atom. The van der Waals surface area contributed by atoms with Crippen LogP contribution in [-0.2, 0) is 16.1 Å². The summed E-state index contributed by atoms with van der Waals surface area (Å²) in [6.07, 6.45) is 1.37. The summed E-state index contributed by atoms with van der Waals surface area (Å²) in [4.78, 5) is 43.6. The quantitative estimate of drug-likeness (QED) is 0.805. The van der Waals surface area contributed by atoms with Gasteiger partial charge in [0.25, 0.3) is 0 Å². The van der Waals surface area contributed by atoms with Crippen molar-refractivity contribution in [1.82, 2.24) is 19.4 Å². The van der Waals surface area contributed by atoms with Crippen molar-refractivity contribution in [2.24, 2.45) is 5.41 Å². The zero-order valence-corrected chi connectivity index (χ0v) is 16.1. The molecule has 0 radical (unpaired) electrons. The number of aromatic nitrogens is 2. The van der Waals surface area contributed by atoms with Gasteiger partial charge in [0.15, 0.2) is 0 Å². The zero-order chi connectivity index (χ0) is 19.9. The molecule has 1 spiro atoms. The molecule has 2 fully saturated rings. The summed E-state index contributed by atoms with van der Waals surface area (Å²) in [5, 5.41) is 10.1. The molecule has 2 aliphatic heterocycles. The molecule has 1 atom stereocenters. The lowest BCUT2D eigenvalue weighted by Gasteiger charge is -2.47. The highest BCUT2D eigenvalue weighted by Gasteiger charge is 2.47. The average Bonchev–Trinajstić information content (AvgIpc) is 3.00. The van der Waals surface area contributed by atoms with E-state index in [4.69, 9.17) is 0 Å². The minimum absolute atomic E-state index is 0.0100. The van der Waals surface area contributed by atoms with Crippen LogP contribution < -0.4 is 5.69 Å². The van der Waals surface area contributed by atoms with Crippen molar-refractivity contribution in [3.63, 3.8) is 0 Å². The van der Waals surface area contributed by atoms with Gasteiger partial charge in [0.2, 0.25) is 11.8 Å². The van der Waals surface area contributed by atoms with E-state index >= 15 is 0 Å². The fourth-order valence-electron chi connectivity index (χ4n) is 4.70. The zero-order valence-electron chi connectivity index (χ0n) is 16.1. The summed E-state index contributed by atoms with van der Waals surface area (Å²) in [5.74, 6) is 0.0689. The lowest BCUT2D eigenvalue weighted by Crippen LogP contribution is -2.56. The fraction of sp³-hybridized carbons (Fsp3) is 0.550. The third kappa shape index (κ3) is 3.22. The maximum Gasteiger partial charge on any atom is 0.326 e. The number of carbonyl (C=O) groups excluding carboxylic acids is 2. The number of hydrogen-bond acceptors (Lipinski definition) is 4. The van der Waals surface area contributed by atoms with Gasteiger partial charge >= 0.3 is 5.69 Å². The Labute approximate surface area is 162 Å². The molecule has 2 aliphatic rings. The Bertz CT molecular complexity index is 955. The first-order valence-corrected chi connectivity index (χ1v) is 9.79. The van der Waals surface area contributed by atoms with E-state index in [0.717, 1.165) is 11.0 Å². The number of β-amino-alcohol motifs (C(OH)–C–C–N with tert-alkyl or cyclic N) is 1. The Morgan fingerprint density at radius 2 is 1.96 bits per heavy atom. The molecule has 1 aromatic heterocycles. The number of nitrogens with one attached hydrogen (secondary N) is 1. The Hall–Kier alpha value is -2.61. The number of nitrogens with zero attached hydrogens (tertiary/aromatic N) is 3. The molecule has 2 amide bonds. The first-order valence-electron chi connectivity index (χ1n) is 9.79. The number of hydrogen-bond donors (Lipinski definition) is 2. The van der Waals surface area contributed by atoms with Gasteiger partial charge < -0.3 is 19.9 Å². The topological polar surface area (TPSA) is 98.6 Å². The summed E-state index contributed by atoms with van der Waals surface area (Å²) in [5.41, 5.74) is 0.800. The van der Waals surface area contributed by atoms with Crippen LogP contribution in [0.5, 0.6) is 0 Å². The summed E-state index contributed by atoms with van der Waals surface area (Å²) in [6, 6.07) is 7.42. The van der Waals surface area contributed by atoms with E-state index in [0.29, 0.717) is 45.4 Å². The Balaban J connectivity index is 1.39. The second kappa shape index (κ2) is 7.09. The molecular weight excluding hydrogens is 360 g/mol. The number of rotatable bonds is 3. The minimum Gasteiger partial charge on any atom is -0.391 e. The number of benzene rings is 1. The molecule has 1 aromatic carbocycles. The first kappa shape index (κ1) is 18.7. The molecule has 0 saturated carbocycles. The summed E-state index contributed by atoms with van der Waals surface area (Å²) < 4.78 is 1.59. The smallest absolute Gasteiger partial charge is 0.326 e. The molecule has 4 rings (SSSR count). The van der Waals surface area contributed by atoms with Crippen LogP contribution in [0, 0.1) is 5.41 Å². The van der Waals surface area contributed by atoms with Gasteiger partial charge in [-0.05, 0) is 31.4 Å². The number of para-hydroxylation sites is 2. The molecule has 0 bridgehead atoms. The standard InChI is InChI=1S/C20H26N4O4/c1-22-13-14(25)12-20(18(22)27)7-10-23(11-8-20)17(26)6-9-24-16-5-3-2-4-15(16)21-19(24)28/h2-5,14,25H,6-13H2,1H3,(H,21,28). The highest BCUT2D eigenvalue weighted by molar-refractivity contribution is 5.84. The summed E-state index contributed by atoms with van der Waals surface area (Å²) in [7, 11) is 1.73. The molecule has 3 heterocycles. The number of aliphatic hydroxyl groups is 1. The van der Waals surface area contributed by atoms with E-state index in [1.807, 2.05) is 24.3 Å². The number of aliphatic hydroxyl groups excluding tert-OH is 1. The molecule has 2 N–H and O–H groups in total. The number of aromatic amines is 1. The number of H-pyrrole nitrogens is 1. The highest BCUT2D eigenvalue weighted by atomic mass is 16.3. The Kier molecular flexibility index (Phi) is 4.74. The van der Waals surface area contributed by atoms with Gasteiger partial charge in [-0.2, -0.15) is 0 Å². The van der Waals surface area contributed by atoms with Crippen LogP contribution in [-0.4, -0.2) is 69.1 Å². The molecular formula is C20H26N4O4. The van der Waals surface area contributed by atoms with E-state index in [1.165, 1.54) is 0 Å². The van der Waals surface area contributed by atoms with Gasteiger partial charge in [0.05, 0.1) is 22.6 Å². The van der Waals surface area contributed by atoms with Crippen molar-refractivity contribution in [3.05, 3.63) is 34.7 Å². The van der Waals surface area contributed by atoms with Gasteiger partial charge in [-0.3, -0.25) is 14.2 Å². The van der Waals surface area contributed by atoms with Crippen LogP contribution in [0.3, 0.4) is 0 Å². The van der Waals surface area contributed by atoms with Crippen LogP contribution >= 0.6 is 0 Å². The number of likely N-dealkylation sites (N-methyl/N-ethyl adjacent to an activating group) is 1. The van der Waals surface area contributed by atoms with E-state index in [-0.39, 0.29) is 23.9 Å². The predicted octanol–water partition coefficient (Wildman–Crippen LogP) is 0.551. The summed E-state index contributed by atoms with van der Waals surface area (Å²) in [6.45, 7) is 1.72. The van der Waals surface area contributed by atoms with Gasteiger partial charge in [-0.25, -0.2) is 4.79 Å². The van der Waals surface area contributed by atoms with E-state index in [2.05, 4.69) is 4.98 Å². The summed E-state index contributed by atoms with van der Waals surface area (Å²) >= 11 is 0. The molecule has 28 heavy (non-hydrogen) atoms.